The van der Waals surface area contributed by atoms with Crippen molar-refractivity contribution >= 4 is 40.7 Å². The summed E-state index contributed by atoms with van der Waals surface area (Å²) < 4.78 is 12.0. The molecule has 0 atom stereocenters. The second-order valence-corrected chi connectivity index (χ2v) is 10.4. The highest BCUT2D eigenvalue weighted by Gasteiger charge is 2.55. The molecule has 2 aliphatic heterocycles. The minimum absolute atomic E-state index is 0.109. The number of rotatable bonds is 3. The van der Waals surface area contributed by atoms with Gasteiger partial charge in [0.05, 0.1) is 11.7 Å². The van der Waals surface area contributed by atoms with Gasteiger partial charge in [-0.2, -0.15) is 9.78 Å². The van der Waals surface area contributed by atoms with Crippen molar-refractivity contribution < 1.29 is 28.7 Å². The van der Waals surface area contributed by atoms with Crippen molar-refractivity contribution in [1.82, 2.24) is 20.0 Å². The van der Waals surface area contributed by atoms with Gasteiger partial charge in [0.1, 0.15) is 17.7 Å². The molecule has 0 saturated carbocycles. The van der Waals surface area contributed by atoms with Gasteiger partial charge in [-0.1, -0.05) is 30.3 Å². The topological polar surface area (TPSA) is 123 Å². The lowest BCUT2D eigenvalue weighted by atomic mass is 9.85. The number of piperidine rings is 1. The summed E-state index contributed by atoms with van der Waals surface area (Å²) in [6, 6.07) is 13.8. The Labute approximate surface area is 219 Å². The van der Waals surface area contributed by atoms with Gasteiger partial charge in [0.15, 0.2) is 0 Å². The van der Waals surface area contributed by atoms with E-state index in [0.29, 0.717) is 16.6 Å². The molecule has 0 bridgehead atoms. The summed E-state index contributed by atoms with van der Waals surface area (Å²) in [4.78, 5) is 54.1. The first-order valence-corrected chi connectivity index (χ1v) is 12.4. The number of hydrogen-bond donors (Lipinski definition) is 1. The van der Waals surface area contributed by atoms with Crippen LogP contribution in [0.3, 0.4) is 0 Å². The Hall–Kier alpha value is -4.41. The van der Waals surface area contributed by atoms with Crippen LogP contribution in [0.4, 0.5) is 20.1 Å². The molecule has 0 unspecified atom stereocenters. The number of ether oxygens (including phenoxy) is 2. The minimum Gasteiger partial charge on any atom is -0.444 e. The number of carbonyl (C=O) groups excluding carboxylic acids is 4. The van der Waals surface area contributed by atoms with E-state index in [1.54, 1.807) is 43.9 Å². The number of carbonyl (C=O) groups is 4. The van der Waals surface area contributed by atoms with Crippen LogP contribution in [0, 0.1) is 0 Å². The number of nitrogens with one attached hydrogen (secondary N) is 1. The van der Waals surface area contributed by atoms with Crippen LogP contribution in [0.15, 0.2) is 54.7 Å². The molecule has 3 heterocycles. The van der Waals surface area contributed by atoms with Crippen LogP contribution in [0.25, 0.3) is 10.9 Å². The predicted molar refractivity (Wildman–Crippen MR) is 138 cm³/mol. The number of fused-ring (bicyclic) bond motifs is 1. The molecular formula is C27H29N5O6. The number of imide groups is 1. The van der Waals surface area contributed by atoms with Crippen LogP contribution in [0.2, 0.25) is 0 Å². The second kappa shape index (κ2) is 9.47. The van der Waals surface area contributed by atoms with Crippen molar-refractivity contribution in [3.8, 4) is 0 Å². The van der Waals surface area contributed by atoms with Gasteiger partial charge in [-0.25, -0.2) is 14.4 Å². The average molecular weight is 520 g/mol. The Balaban J connectivity index is 1.35. The maximum absolute atomic E-state index is 13.0. The summed E-state index contributed by atoms with van der Waals surface area (Å²) in [6.45, 7) is 6.02. The third-order valence-electron chi connectivity index (χ3n) is 6.70. The number of hydrogen-bond acceptors (Lipinski definition) is 7. The smallest absolute Gasteiger partial charge is 0.435 e. The zero-order valence-corrected chi connectivity index (χ0v) is 21.5. The first-order chi connectivity index (χ1) is 18.1. The van der Waals surface area contributed by atoms with Gasteiger partial charge < -0.3 is 14.4 Å². The van der Waals surface area contributed by atoms with Crippen molar-refractivity contribution in [1.29, 1.82) is 0 Å². The van der Waals surface area contributed by atoms with Crippen molar-refractivity contribution in [2.75, 3.05) is 18.0 Å². The van der Waals surface area contributed by atoms with E-state index in [0.717, 1.165) is 10.2 Å². The highest BCUT2D eigenvalue weighted by atomic mass is 16.6. The molecule has 1 spiro atoms. The maximum atomic E-state index is 13.0. The van der Waals surface area contributed by atoms with Gasteiger partial charge in [-0.3, -0.25) is 15.0 Å². The largest absolute Gasteiger partial charge is 0.444 e. The average Bonchev–Trinajstić information content (AvgIpc) is 3.40. The Morgan fingerprint density at radius 1 is 1.03 bits per heavy atom. The van der Waals surface area contributed by atoms with E-state index < -0.39 is 35.3 Å². The summed E-state index contributed by atoms with van der Waals surface area (Å²) >= 11 is 0. The molecule has 1 aromatic heterocycles. The Bertz CT molecular complexity index is 1400. The lowest BCUT2D eigenvalue weighted by Crippen LogP contribution is -2.58. The molecule has 38 heavy (non-hydrogen) atoms. The van der Waals surface area contributed by atoms with Crippen LogP contribution >= 0.6 is 0 Å². The van der Waals surface area contributed by atoms with Crippen LogP contribution < -0.4 is 10.2 Å². The summed E-state index contributed by atoms with van der Waals surface area (Å²) in [6.07, 6.45) is 0.948. The molecule has 1 N–H and O–H groups in total. The lowest BCUT2D eigenvalue weighted by molar-refractivity contribution is -0.124. The number of urea groups is 1. The van der Waals surface area contributed by atoms with Crippen molar-refractivity contribution in [3.05, 3.63) is 60.3 Å². The maximum Gasteiger partial charge on any atom is 0.435 e. The van der Waals surface area contributed by atoms with Crippen LogP contribution in [-0.2, 0) is 20.9 Å². The van der Waals surface area contributed by atoms with Crippen molar-refractivity contribution in [3.63, 3.8) is 0 Å². The van der Waals surface area contributed by atoms with Crippen molar-refractivity contribution in [2.45, 2.75) is 51.4 Å². The van der Waals surface area contributed by atoms with Gasteiger partial charge in [-0.15, -0.1) is 0 Å². The predicted octanol–water partition coefficient (Wildman–Crippen LogP) is 4.05. The van der Waals surface area contributed by atoms with E-state index >= 15 is 0 Å². The first kappa shape index (κ1) is 25.2. The summed E-state index contributed by atoms with van der Waals surface area (Å²) in [7, 11) is 0. The van der Waals surface area contributed by atoms with E-state index in [9.17, 15) is 19.2 Å². The second-order valence-electron chi connectivity index (χ2n) is 10.4. The van der Waals surface area contributed by atoms with Crippen LogP contribution in [-0.4, -0.2) is 63.0 Å². The van der Waals surface area contributed by atoms with Gasteiger partial charge in [0.25, 0.3) is 5.91 Å². The van der Waals surface area contributed by atoms with E-state index in [1.165, 1.54) is 11.1 Å². The molecule has 2 saturated heterocycles. The number of anilines is 1. The zero-order chi connectivity index (χ0) is 27.1. The van der Waals surface area contributed by atoms with E-state index in [-0.39, 0.29) is 32.5 Å². The molecule has 4 amide bonds. The molecule has 11 nitrogen and oxygen atoms in total. The SMILES string of the molecule is CC(C)(C)OC(=O)N1CCC2(CC1)C(=O)NC(=O)N2c1ccc2c(cnn2C(=O)OCc2ccccc2)c1. The van der Waals surface area contributed by atoms with Gasteiger partial charge >= 0.3 is 18.2 Å². The lowest BCUT2D eigenvalue weighted by Gasteiger charge is -2.42. The molecular weight excluding hydrogens is 490 g/mol. The highest BCUT2D eigenvalue weighted by Crippen LogP contribution is 2.38. The third kappa shape index (κ3) is 4.67. The summed E-state index contributed by atoms with van der Waals surface area (Å²) in [5, 5.41) is 7.20. The molecule has 3 aromatic rings. The first-order valence-electron chi connectivity index (χ1n) is 12.4. The van der Waals surface area contributed by atoms with E-state index in [1.807, 2.05) is 30.3 Å². The van der Waals surface area contributed by atoms with E-state index in [2.05, 4.69) is 10.4 Å². The zero-order valence-electron chi connectivity index (χ0n) is 21.5. The number of benzene rings is 2. The van der Waals surface area contributed by atoms with E-state index in [4.69, 9.17) is 9.47 Å². The van der Waals surface area contributed by atoms with Crippen LogP contribution in [0.1, 0.15) is 39.2 Å². The molecule has 198 valence electrons. The molecule has 2 aromatic carbocycles. The number of nitrogens with zero attached hydrogens (tertiary/aromatic N) is 4. The Morgan fingerprint density at radius 3 is 2.42 bits per heavy atom. The molecule has 2 aliphatic rings. The van der Waals surface area contributed by atoms with Gasteiger partial charge in [0, 0.05) is 24.2 Å². The summed E-state index contributed by atoms with van der Waals surface area (Å²) in [5.74, 6) is -0.397. The Kier molecular flexibility index (Phi) is 6.29. The number of likely N-dealkylation sites (tertiary alicyclic amines) is 1. The number of amides is 4. The fourth-order valence-corrected chi connectivity index (χ4v) is 4.85. The third-order valence-corrected chi connectivity index (χ3v) is 6.70. The fourth-order valence-electron chi connectivity index (χ4n) is 4.85. The normalized spacial score (nSPS) is 17.1. The molecule has 5 rings (SSSR count). The highest BCUT2D eigenvalue weighted by molar-refractivity contribution is 6.17. The molecule has 0 radical (unpaired) electrons. The monoisotopic (exact) mass is 519 g/mol. The quantitative estimate of drug-likeness (QED) is 0.518. The molecule has 2 fully saturated rings. The standard InChI is InChI=1S/C27H29N5O6/c1-26(2,3)38-24(35)30-13-11-27(12-14-30)22(33)29-23(34)31(27)20-9-10-21-19(15-20)16-28-32(21)25(36)37-17-18-7-5-4-6-8-18/h4-10,15-16H,11-14,17H2,1-3H3,(H,29,33,34). The van der Waals surface area contributed by atoms with Gasteiger partial charge in [-0.05, 0) is 57.4 Å². The minimum atomic E-state index is -1.13. The van der Waals surface area contributed by atoms with Crippen LogP contribution in [0.5, 0.6) is 0 Å². The summed E-state index contributed by atoms with van der Waals surface area (Å²) in [5.41, 5.74) is 0.0864. The Morgan fingerprint density at radius 2 is 1.74 bits per heavy atom. The molecule has 0 aliphatic carbocycles. The fraction of sp³-hybridized carbons (Fsp3) is 0.370. The number of aromatic nitrogens is 2. The van der Waals surface area contributed by atoms with Gasteiger partial charge in [0.2, 0.25) is 0 Å². The molecule has 11 heteroatoms. The van der Waals surface area contributed by atoms with Crippen molar-refractivity contribution in [2.24, 2.45) is 0 Å².